The molecule has 0 spiro atoms. The summed E-state index contributed by atoms with van der Waals surface area (Å²) in [6.45, 7) is 0. The Balaban J connectivity index is 2.37. The Morgan fingerprint density at radius 1 is 1.41 bits per heavy atom. The largest absolute Gasteiger partial charge is 0.497 e. The van der Waals surface area contributed by atoms with Gasteiger partial charge in [0.05, 0.1) is 17.9 Å². The fourth-order valence-electron chi connectivity index (χ4n) is 1.12. The third kappa shape index (κ3) is 5.55. The van der Waals surface area contributed by atoms with Crippen LogP contribution in [0, 0.1) is 0 Å². The van der Waals surface area contributed by atoms with Crippen molar-refractivity contribution in [3.05, 3.63) is 24.3 Å². The second-order valence-electron chi connectivity index (χ2n) is 3.24. The molecule has 1 aromatic rings. The third-order valence-corrected chi connectivity index (χ3v) is 3.16. The molecule has 92 valence electrons. The van der Waals surface area contributed by atoms with Crippen LogP contribution in [0.25, 0.3) is 0 Å². The number of nitrogens with two attached hydrogens (primary N) is 1. The fourth-order valence-corrected chi connectivity index (χ4v) is 1.93. The van der Waals surface area contributed by atoms with Crippen molar-refractivity contribution in [3.63, 3.8) is 0 Å². The first-order valence-electron chi connectivity index (χ1n) is 4.92. The number of carbonyl (C=O) groups excluding carboxylic acids is 1. The van der Waals surface area contributed by atoms with Gasteiger partial charge in [-0.2, -0.15) is 0 Å². The highest BCUT2D eigenvalue weighted by Gasteiger charge is 2.03. The molecule has 0 aliphatic carbocycles. The minimum atomic E-state index is -0.0728. The number of carbonyl (C=O) groups is 1. The lowest BCUT2D eigenvalue weighted by Crippen LogP contribution is -2.17. The first-order valence-corrected chi connectivity index (χ1v) is 6.48. The maximum Gasteiger partial charge on any atom is 0.234 e. The van der Waals surface area contributed by atoms with Crippen molar-refractivity contribution in [1.29, 1.82) is 0 Å². The summed E-state index contributed by atoms with van der Waals surface area (Å²) in [4.78, 5) is 11.9. The molecule has 0 aliphatic rings. The molecule has 17 heavy (non-hydrogen) atoms. The number of ether oxygens (including phenoxy) is 1. The Kier molecular flexibility index (Phi) is 5.79. The van der Waals surface area contributed by atoms with Gasteiger partial charge in [0.1, 0.15) is 5.75 Å². The second-order valence-corrected chi connectivity index (χ2v) is 4.75. The standard InChI is InChI=1S/C11H14N2O2S2/c1-15-9-4-2-8(3-5-9)13-11(14)7-17-6-10(12)16/h2-5H,6-7H2,1H3,(H2,12,16)(H,13,14). The van der Waals surface area contributed by atoms with Crippen molar-refractivity contribution in [2.24, 2.45) is 5.73 Å². The number of thioether (sulfide) groups is 1. The van der Waals surface area contributed by atoms with E-state index in [1.807, 2.05) is 0 Å². The van der Waals surface area contributed by atoms with Crippen molar-refractivity contribution in [3.8, 4) is 5.75 Å². The van der Waals surface area contributed by atoms with Crippen LogP contribution >= 0.6 is 24.0 Å². The van der Waals surface area contributed by atoms with Gasteiger partial charge in [0.25, 0.3) is 0 Å². The van der Waals surface area contributed by atoms with Gasteiger partial charge >= 0.3 is 0 Å². The molecule has 0 atom stereocenters. The number of amides is 1. The average molecular weight is 270 g/mol. The van der Waals surface area contributed by atoms with Crippen molar-refractivity contribution < 1.29 is 9.53 Å². The van der Waals surface area contributed by atoms with Crippen molar-refractivity contribution >= 4 is 40.6 Å². The molecule has 0 saturated heterocycles. The van der Waals surface area contributed by atoms with Gasteiger partial charge in [-0.05, 0) is 24.3 Å². The molecular formula is C11H14N2O2S2. The molecule has 3 N–H and O–H groups in total. The maximum absolute atomic E-state index is 11.5. The Morgan fingerprint density at radius 2 is 2.06 bits per heavy atom. The Bertz CT molecular complexity index is 393. The molecule has 0 unspecified atom stereocenters. The van der Waals surface area contributed by atoms with Gasteiger partial charge in [-0.1, -0.05) is 12.2 Å². The van der Waals surface area contributed by atoms with E-state index in [4.69, 9.17) is 22.7 Å². The van der Waals surface area contributed by atoms with Crippen molar-refractivity contribution in [2.45, 2.75) is 0 Å². The third-order valence-electron chi connectivity index (χ3n) is 1.85. The molecule has 4 nitrogen and oxygen atoms in total. The Morgan fingerprint density at radius 3 is 2.59 bits per heavy atom. The molecule has 6 heteroatoms. The molecule has 0 bridgehead atoms. The molecule has 0 saturated carbocycles. The first kappa shape index (κ1) is 13.8. The molecular weight excluding hydrogens is 256 g/mol. The minimum absolute atomic E-state index is 0.0728. The van der Waals surface area contributed by atoms with Crippen LogP contribution in [0.1, 0.15) is 0 Å². The Labute approximate surface area is 110 Å². The van der Waals surface area contributed by atoms with Gasteiger partial charge in [0.2, 0.25) is 5.91 Å². The summed E-state index contributed by atoms with van der Waals surface area (Å²) in [5, 5.41) is 2.77. The average Bonchev–Trinajstić information content (AvgIpc) is 2.29. The Hall–Kier alpha value is -1.27. The van der Waals surface area contributed by atoms with E-state index in [1.54, 1.807) is 31.4 Å². The number of nitrogens with one attached hydrogen (secondary N) is 1. The normalized spacial score (nSPS) is 9.71. The second kappa shape index (κ2) is 7.13. The van der Waals surface area contributed by atoms with Gasteiger partial charge in [-0.3, -0.25) is 4.79 Å². The summed E-state index contributed by atoms with van der Waals surface area (Å²) in [7, 11) is 1.60. The van der Waals surface area contributed by atoms with Crippen LogP contribution in [0.5, 0.6) is 5.75 Å². The number of hydrogen-bond acceptors (Lipinski definition) is 4. The molecule has 0 heterocycles. The van der Waals surface area contributed by atoms with E-state index in [1.165, 1.54) is 11.8 Å². The summed E-state index contributed by atoms with van der Waals surface area (Å²) < 4.78 is 5.02. The van der Waals surface area contributed by atoms with E-state index < -0.39 is 0 Å². The summed E-state index contributed by atoms with van der Waals surface area (Å²) in [5.74, 6) is 1.54. The number of hydrogen-bond donors (Lipinski definition) is 2. The summed E-state index contributed by atoms with van der Waals surface area (Å²) in [6, 6.07) is 7.15. The zero-order valence-electron chi connectivity index (χ0n) is 9.43. The van der Waals surface area contributed by atoms with E-state index in [0.717, 1.165) is 11.4 Å². The number of methoxy groups -OCH3 is 1. The van der Waals surface area contributed by atoms with Crippen LogP contribution in [0.3, 0.4) is 0 Å². The SMILES string of the molecule is COc1ccc(NC(=O)CSCC(N)=S)cc1. The molecule has 1 rings (SSSR count). The molecule has 0 aromatic heterocycles. The monoisotopic (exact) mass is 270 g/mol. The lowest BCUT2D eigenvalue weighted by atomic mass is 10.3. The van der Waals surface area contributed by atoms with E-state index >= 15 is 0 Å². The maximum atomic E-state index is 11.5. The quantitative estimate of drug-likeness (QED) is 0.770. The van der Waals surface area contributed by atoms with Crippen LogP contribution in [0.15, 0.2) is 24.3 Å². The predicted molar refractivity (Wildman–Crippen MR) is 75.7 cm³/mol. The number of thiocarbonyl (C=S) groups is 1. The molecule has 1 aromatic carbocycles. The highest BCUT2D eigenvalue weighted by molar-refractivity contribution is 8.01. The highest BCUT2D eigenvalue weighted by atomic mass is 32.2. The van der Waals surface area contributed by atoms with E-state index in [0.29, 0.717) is 16.5 Å². The van der Waals surface area contributed by atoms with Gasteiger partial charge in [0.15, 0.2) is 0 Å². The highest BCUT2D eigenvalue weighted by Crippen LogP contribution is 2.15. The smallest absolute Gasteiger partial charge is 0.234 e. The van der Waals surface area contributed by atoms with Crippen LogP contribution in [-0.2, 0) is 4.79 Å². The number of rotatable bonds is 6. The number of anilines is 1. The zero-order valence-corrected chi connectivity index (χ0v) is 11.1. The molecule has 0 fully saturated rings. The van der Waals surface area contributed by atoms with Crippen LogP contribution in [0.4, 0.5) is 5.69 Å². The lowest BCUT2D eigenvalue weighted by molar-refractivity contribution is -0.113. The van der Waals surface area contributed by atoms with E-state index in [9.17, 15) is 4.79 Å². The fraction of sp³-hybridized carbons (Fsp3) is 0.273. The van der Waals surface area contributed by atoms with Crippen LogP contribution in [-0.4, -0.2) is 29.5 Å². The van der Waals surface area contributed by atoms with Crippen LogP contribution < -0.4 is 15.8 Å². The molecule has 0 radical (unpaired) electrons. The van der Waals surface area contributed by atoms with Crippen molar-refractivity contribution in [1.82, 2.24) is 0 Å². The summed E-state index contributed by atoms with van der Waals surface area (Å²) >= 11 is 6.11. The zero-order chi connectivity index (χ0) is 12.7. The minimum Gasteiger partial charge on any atom is -0.497 e. The summed E-state index contributed by atoms with van der Waals surface area (Å²) in [5.41, 5.74) is 6.07. The van der Waals surface area contributed by atoms with Gasteiger partial charge in [-0.15, -0.1) is 11.8 Å². The van der Waals surface area contributed by atoms with Gasteiger partial charge < -0.3 is 15.8 Å². The topological polar surface area (TPSA) is 64.3 Å². The lowest BCUT2D eigenvalue weighted by Gasteiger charge is -2.05. The van der Waals surface area contributed by atoms with Crippen LogP contribution in [0.2, 0.25) is 0 Å². The van der Waals surface area contributed by atoms with Gasteiger partial charge in [0, 0.05) is 11.4 Å². The number of benzene rings is 1. The first-order chi connectivity index (χ1) is 8.11. The van der Waals surface area contributed by atoms with E-state index in [2.05, 4.69) is 5.32 Å². The molecule has 1 amide bonds. The van der Waals surface area contributed by atoms with Gasteiger partial charge in [-0.25, -0.2) is 0 Å². The summed E-state index contributed by atoms with van der Waals surface area (Å²) in [6.07, 6.45) is 0. The van der Waals surface area contributed by atoms with E-state index in [-0.39, 0.29) is 5.91 Å². The van der Waals surface area contributed by atoms with Crippen molar-refractivity contribution in [2.75, 3.05) is 23.9 Å². The predicted octanol–water partition coefficient (Wildman–Crippen LogP) is 1.65. The molecule has 0 aliphatic heterocycles.